The first-order chi connectivity index (χ1) is 10.9. The minimum Gasteiger partial charge on any atom is -0.470 e. The third-order valence-electron chi connectivity index (χ3n) is 5.12. The summed E-state index contributed by atoms with van der Waals surface area (Å²) in [5.41, 5.74) is 1.70. The van der Waals surface area contributed by atoms with Gasteiger partial charge in [0, 0.05) is 11.6 Å². The molecule has 3 atom stereocenters. The van der Waals surface area contributed by atoms with Crippen LogP contribution < -0.4 is 0 Å². The molecule has 1 aliphatic carbocycles. The van der Waals surface area contributed by atoms with Crippen LogP contribution >= 0.6 is 0 Å². The van der Waals surface area contributed by atoms with Gasteiger partial charge in [-0.1, -0.05) is 50.0 Å². The summed E-state index contributed by atoms with van der Waals surface area (Å²) < 4.78 is 6.37. The Morgan fingerprint density at radius 2 is 2.22 bits per heavy atom. The van der Waals surface area contributed by atoms with Crippen molar-refractivity contribution < 1.29 is 4.74 Å². The lowest BCUT2D eigenvalue weighted by Gasteiger charge is -2.51. The van der Waals surface area contributed by atoms with Gasteiger partial charge in [0.1, 0.15) is 0 Å². The molecular formula is C21H29NO. The second kappa shape index (κ2) is 6.74. The molecule has 0 spiro atoms. The number of hydrogen-bond acceptors (Lipinski definition) is 2. The Morgan fingerprint density at radius 1 is 1.48 bits per heavy atom. The molecule has 0 aromatic rings. The first kappa shape index (κ1) is 17.5. The molecule has 0 radical (unpaired) electrons. The van der Waals surface area contributed by atoms with Crippen LogP contribution in [0.5, 0.6) is 0 Å². The zero-order valence-corrected chi connectivity index (χ0v) is 15.1. The van der Waals surface area contributed by atoms with Crippen LogP contribution in [0.25, 0.3) is 0 Å². The van der Waals surface area contributed by atoms with E-state index in [4.69, 9.17) is 9.73 Å². The molecule has 23 heavy (non-hydrogen) atoms. The van der Waals surface area contributed by atoms with E-state index in [0.29, 0.717) is 5.92 Å². The number of fused-ring (bicyclic) bond motifs is 1. The van der Waals surface area contributed by atoms with E-state index < -0.39 is 5.72 Å². The highest BCUT2D eigenvalue weighted by Crippen LogP contribution is 2.53. The summed E-state index contributed by atoms with van der Waals surface area (Å²) in [5, 5.41) is 0. The van der Waals surface area contributed by atoms with Crippen LogP contribution in [0, 0.1) is 11.3 Å². The molecule has 0 saturated heterocycles. The van der Waals surface area contributed by atoms with E-state index in [2.05, 4.69) is 64.7 Å². The van der Waals surface area contributed by atoms with E-state index >= 15 is 0 Å². The Bertz CT molecular complexity index is 620. The number of hydrogen-bond donors (Lipinski definition) is 0. The summed E-state index contributed by atoms with van der Waals surface area (Å²) in [7, 11) is 0. The second-order valence-electron chi connectivity index (χ2n) is 6.63. The molecule has 0 saturated carbocycles. The van der Waals surface area contributed by atoms with Crippen molar-refractivity contribution in [3.63, 3.8) is 0 Å². The van der Waals surface area contributed by atoms with Gasteiger partial charge in [-0.25, -0.2) is 4.99 Å². The average molecular weight is 311 g/mol. The number of rotatable bonds is 5. The molecule has 0 aromatic heterocycles. The molecule has 124 valence electrons. The quantitative estimate of drug-likeness (QED) is 0.359. The third-order valence-corrected chi connectivity index (χ3v) is 5.12. The Hall–Kier alpha value is -1.83. The van der Waals surface area contributed by atoms with Crippen molar-refractivity contribution in [3.8, 4) is 0 Å². The summed E-state index contributed by atoms with van der Waals surface area (Å²) in [5.74, 6) is 1.23. The number of aliphatic imine (C=N–C) groups is 1. The van der Waals surface area contributed by atoms with Gasteiger partial charge in [0.25, 0.3) is 0 Å². The first-order valence-electron chi connectivity index (χ1n) is 8.49. The summed E-state index contributed by atoms with van der Waals surface area (Å²) >= 11 is 0. The lowest BCUT2D eigenvalue weighted by atomic mass is 9.61. The van der Waals surface area contributed by atoms with Crippen molar-refractivity contribution in [3.05, 3.63) is 60.4 Å². The topological polar surface area (TPSA) is 21.6 Å². The molecule has 3 unspecified atom stereocenters. The highest BCUT2D eigenvalue weighted by Gasteiger charge is 2.54. The Balaban J connectivity index is 2.61. The van der Waals surface area contributed by atoms with Gasteiger partial charge in [0.15, 0.2) is 0 Å². The fraction of sp³-hybridized carbons (Fsp3) is 0.476. The second-order valence-corrected chi connectivity index (χ2v) is 6.63. The van der Waals surface area contributed by atoms with Gasteiger partial charge in [0.05, 0.1) is 11.2 Å². The van der Waals surface area contributed by atoms with E-state index in [1.165, 1.54) is 5.57 Å². The highest BCUT2D eigenvalue weighted by atomic mass is 16.5. The predicted octanol–water partition coefficient (Wildman–Crippen LogP) is 5.76. The van der Waals surface area contributed by atoms with Crippen LogP contribution in [-0.2, 0) is 4.74 Å². The van der Waals surface area contributed by atoms with Crippen LogP contribution in [0.3, 0.4) is 0 Å². The van der Waals surface area contributed by atoms with Crippen LogP contribution in [0.15, 0.2) is 65.4 Å². The molecule has 0 fully saturated rings. The third kappa shape index (κ3) is 2.99. The van der Waals surface area contributed by atoms with Crippen LogP contribution in [0.2, 0.25) is 0 Å². The Morgan fingerprint density at radius 3 is 2.83 bits per heavy atom. The average Bonchev–Trinajstić information content (AvgIpc) is 2.52. The smallest absolute Gasteiger partial charge is 0.206 e. The van der Waals surface area contributed by atoms with Crippen molar-refractivity contribution in [2.24, 2.45) is 16.3 Å². The molecule has 0 aromatic carbocycles. The van der Waals surface area contributed by atoms with Gasteiger partial charge < -0.3 is 4.74 Å². The van der Waals surface area contributed by atoms with Crippen LogP contribution in [0.4, 0.5) is 0 Å². The molecule has 0 N–H and O–H groups in total. The van der Waals surface area contributed by atoms with E-state index in [1.54, 1.807) is 6.08 Å². The van der Waals surface area contributed by atoms with Crippen LogP contribution in [-0.4, -0.2) is 11.4 Å². The van der Waals surface area contributed by atoms with Gasteiger partial charge in [-0.05, 0) is 52.2 Å². The van der Waals surface area contributed by atoms with Crippen molar-refractivity contribution in [1.82, 2.24) is 0 Å². The fourth-order valence-corrected chi connectivity index (χ4v) is 3.81. The van der Waals surface area contributed by atoms with Crippen molar-refractivity contribution in [2.75, 3.05) is 0 Å². The molecule has 0 amide bonds. The molecule has 2 nitrogen and oxygen atoms in total. The summed E-state index contributed by atoms with van der Waals surface area (Å²) in [6, 6.07) is 0. The number of ether oxygens (including phenoxy) is 1. The molecule has 1 heterocycles. The van der Waals surface area contributed by atoms with Gasteiger partial charge in [-0.2, -0.15) is 0 Å². The van der Waals surface area contributed by atoms with E-state index in [0.717, 1.165) is 24.3 Å². The summed E-state index contributed by atoms with van der Waals surface area (Å²) in [4.78, 5) is 5.08. The lowest BCUT2D eigenvalue weighted by Crippen LogP contribution is -2.53. The zero-order chi connectivity index (χ0) is 17.1. The monoisotopic (exact) mass is 311 g/mol. The highest BCUT2D eigenvalue weighted by molar-refractivity contribution is 6.02. The van der Waals surface area contributed by atoms with Crippen molar-refractivity contribution in [1.29, 1.82) is 0 Å². The zero-order valence-electron chi connectivity index (χ0n) is 15.1. The Labute approximate surface area is 141 Å². The standard InChI is InChI=1S/C21H29NO/c1-7-12-16(4)23-21(6)20(5,15-8-2)18-14-11-10-13-17(18)19(9-3)22-21/h7-8,10-13,15,18H,1,9,14H2,2-6H3/b15-8?,16-12-. The van der Waals surface area contributed by atoms with E-state index in [-0.39, 0.29) is 5.41 Å². The largest absolute Gasteiger partial charge is 0.470 e. The van der Waals surface area contributed by atoms with E-state index in [9.17, 15) is 0 Å². The maximum atomic E-state index is 6.37. The number of nitrogens with zero attached hydrogens (tertiary/aromatic N) is 1. The maximum Gasteiger partial charge on any atom is 0.206 e. The van der Waals surface area contributed by atoms with Gasteiger partial charge in [-0.3, -0.25) is 0 Å². The SMILES string of the molecule is C=C/C=C(/C)OC1(C)N=C(CC)C2=CC=CCC2C1(C)C=CC. The van der Waals surface area contributed by atoms with Gasteiger partial charge >= 0.3 is 0 Å². The molecular weight excluding hydrogens is 282 g/mol. The van der Waals surface area contributed by atoms with Crippen molar-refractivity contribution in [2.45, 2.75) is 53.2 Å². The molecule has 2 aliphatic rings. The lowest BCUT2D eigenvalue weighted by molar-refractivity contribution is -0.0774. The molecule has 1 aliphatic heterocycles. The molecule has 2 rings (SSSR count). The normalized spacial score (nSPS) is 34.0. The van der Waals surface area contributed by atoms with E-state index in [1.807, 2.05) is 13.0 Å². The maximum absolute atomic E-state index is 6.37. The molecule has 0 bridgehead atoms. The van der Waals surface area contributed by atoms with Crippen molar-refractivity contribution >= 4 is 5.71 Å². The summed E-state index contributed by atoms with van der Waals surface area (Å²) in [6.45, 7) is 14.3. The van der Waals surface area contributed by atoms with Crippen LogP contribution in [0.1, 0.15) is 47.5 Å². The minimum atomic E-state index is -0.623. The van der Waals surface area contributed by atoms with Gasteiger partial charge in [-0.15, -0.1) is 0 Å². The predicted molar refractivity (Wildman–Crippen MR) is 99.4 cm³/mol. The first-order valence-corrected chi connectivity index (χ1v) is 8.49. The number of allylic oxidation sites excluding steroid dienone is 8. The van der Waals surface area contributed by atoms with Gasteiger partial charge in [0.2, 0.25) is 5.72 Å². The Kier molecular flexibility index (Phi) is 5.13. The molecule has 2 heteroatoms. The fourth-order valence-electron chi connectivity index (χ4n) is 3.81. The summed E-state index contributed by atoms with van der Waals surface area (Å²) in [6.07, 6.45) is 16.6. The minimum absolute atomic E-state index is 0.201.